The summed E-state index contributed by atoms with van der Waals surface area (Å²) in [4.78, 5) is 8.13. The summed E-state index contributed by atoms with van der Waals surface area (Å²) < 4.78 is 0. The van der Waals surface area contributed by atoms with Gasteiger partial charge in [0.2, 0.25) is 5.95 Å². The van der Waals surface area contributed by atoms with Crippen LogP contribution in [-0.2, 0) is 0 Å². The molecule has 0 aromatic carbocycles. The molecule has 0 aliphatic carbocycles. The van der Waals surface area contributed by atoms with Gasteiger partial charge in [-0.2, -0.15) is 0 Å². The SMILES string of the molecule is Cl.Clc1ccnc(NCC2CCNC2)n1. The van der Waals surface area contributed by atoms with Crippen molar-refractivity contribution in [3.8, 4) is 0 Å². The van der Waals surface area contributed by atoms with E-state index in [9.17, 15) is 0 Å². The van der Waals surface area contributed by atoms with Gasteiger partial charge in [-0.15, -0.1) is 12.4 Å². The Morgan fingerprint density at radius 2 is 2.47 bits per heavy atom. The molecule has 0 spiro atoms. The first-order valence-electron chi connectivity index (χ1n) is 4.78. The zero-order valence-corrected chi connectivity index (χ0v) is 9.81. The highest BCUT2D eigenvalue weighted by Gasteiger charge is 2.13. The molecule has 1 fully saturated rings. The summed E-state index contributed by atoms with van der Waals surface area (Å²) in [6.45, 7) is 3.10. The lowest BCUT2D eigenvalue weighted by Gasteiger charge is -2.09. The second-order valence-electron chi connectivity index (χ2n) is 3.44. The standard InChI is InChI=1S/C9H13ClN4.ClH/c10-8-2-4-12-9(14-8)13-6-7-1-3-11-5-7;/h2,4,7,11H,1,3,5-6H2,(H,12,13,14);1H. The van der Waals surface area contributed by atoms with Crippen molar-refractivity contribution in [3.63, 3.8) is 0 Å². The van der Waals surface area contributed by atoms with Crippen molar-refractivity contribution in [2.75, 3.05) is 25.0 Å². The van der Waals surface area contributed by atoms with E-state index in [1.54, 1.807) is 12.3 Å². The van der Waals surface area contributed by atoms with Gasteiger partial charge in [0, 0.05) is 12.7 Å². The van der Waals surface area contributed by atoms with Gasteiger partial charge in [-0.1, -0.05) is 11.6 Å². The molecule has 1 aliphatic heterocycles. The van der Waals surface area contributed by atoms with E-state index in [4.69, 9.17) is 11.6 Å². The summed E-state index contributed by atoms with van der Waals surface area (Å²) in [5, 5.41) is 6.97. The van der Waals surface area contributed by atoms with Gasteiger partial charge in [0.25, 0.3) is 0 Å². The lowest BCUT2D eigenvalue weighted by atomic mass is 10.1. The molecule has 1 aromatic heterocycles. The molecular formula is C9H14Cl2N4. The average molecular weight is 249 g/mol. The Morgan fingerprint density at radius 1 is 1.60 bits per heavy atom. The molecular weight excluding hydrogens is 235 g/mol. The van der Waals surface area contributed by atoms with Gasteiger partial charge < -0.3 is 10.6 Å². The van der Waals surface area contributed by atoms with E-state index in [1.807, 2.05) is 0 Å². The summed E-state index contributed by atoms with van der Waals surface area (Å²) >= 11 is 5.74. The Balaban J connectivity index is 0.00000112. The van der Waals surface area contributed by atoms with Gasteiger partial charge in [-0.25, -0.2) is 9.97 Å². The average Bonchev–Trinajstić information content (AvgIpc) is 2.67. The quantitative estimate of drug-likeness (QED) is 0.798. The minimum Gasteiger partial charge on any atom is -0.354 e. The number of anilines is 1. The predicted molar refractivity (Wildman–Crippen MR) is 63.8 cm³/mol. The fourth-order valence-electron chi connectivity index (χ4n) is 1.55. The lowest BCUT2D eigenvalue weighted by molar-refractivity contribution is 0.613. The Labute approximate surface area is 100 Å². The van der Waals surface area contributed by atoms with Crippen LogP contribution < -0.4 is 10.6 Å². The fourth-order valence-corrected chi connectivity index (χ4v) is 1.68. The van der Waals surface area contributed by atoms with Gasteiger partial charge in [-0.3, -0.25) is 0 Å². The Hall–Kier alpha value is -0.580. The van der Waals surface area contributed by atoms with E-state index in [-0.39, 0.29) is 12.4 Å². The van der Waals surface area contributed by atoms with Crippen molar-refractivity contribution >= 4 is 30.0 Å². The van der Waals surface area contributed by atoms with E-state index in [2.05, 4.69) is 20.6 Å². The van der Waals surface area contributed by atoms with E-state index < -0.39 is 0 Å². The van der Waals surface area contributed by atoms with E-state index in [0.29, 0.717) is 17.0 Å². The third-order valence-electron chi connectivity index (χ3n) is 2.33. The van der Waals surface area contributed by atoms with Crippen molar-refractivity contribution in [2.24, 2.45) is 5.92 Å². The Morgan fingerprint density at radius 3 is 3.13 bits per heavy atom. The van der Waals surface area contributed by atoms with Crippen LogP contribution in [0.3, 0.4) is 0 Å². The second kappa shape index (κ2) is 6.10. The second-order valence-corrected chi connectivity index (χ2v) is 3.83. The number of aromatic nitrogens is 2. The molecule has 1 aliphatic rings. The van der Waals surface area contributed by atoms with Crippen LogP contribution in [0, 0.1) is 5.92 Å². The Kier molecular flexibility index (Phi) is 5.08. The number of nitrogens with zero attached hydrogens (tertiary/aromatic N) is 2. The van der Waals surface area contributed by atoms with Crippen molar-refractivity contribution in [1.29, 1.82) is 0 Å². The molecule has 2 N–H and O–H groups in total. The minimum atomic E-state index is 0. The topological polar surface area (TPSA) is 49.8 Å². The summed E-state index contributed by atoms with van der Waals surface area (Å²) in [6, 6.07) is 1.67. The number of halogens is 2. The summed E-state index contributed by atoms with van der Waals surface area (Å²) in [6.07, 6.45) is 2.87. The van der Waals surface area contributed by atoms with E-state index >= 15 is 0 Å². The van der Waals surface area contributed by atoms with Crippen LogP contribution in [0.4, 0.5) is 5.95 Å². The largest absolute Gasteiger partial charge is 0.354 e. The number of nitrogens with one attached hydrogen (secondary N) is 2. The van der Waals surface area contributed by atoms with Crippen molar-refractivity contribution in [1.82, 2.24) is 15.3 Å². The van der Waals surface area contributed by atoms with Gasteiger partial charge in [-0.05, 0) is 31.5 Å². The maximum absolute atomic E-state index is 5.74. The maximum atomic E-state index is 5.74. The molecule has 2 rings (SSSR count). The molecule has 0 bridgehead atoms. The molecule has 1 saturated heterocycles. The Bertz CT molecular complexity index is 302. The molecule has 0 saturated carbocycles. The summed E-state index contributed by atoms with van der Waals surface area (Å²) in [5.41, 5.74) is 0. The van der Waals surface area contributed by atoms with Gasteiger partial charge >= 0.3 is 0 Å². The number of rotatable bonds is 3. The van der Waals surface area contributed by atoms with Crippen LogP contribution in [0.5, 0.6) is 0 Å². The van der Waals surface area contributed by atoms with Crippen molar-refractivity contribution in [2.45, 2.75) is 6.42 Å². The first kappa shape index (κ1) is 12.5. The third-order valence-corrected chi connectivity index (χ3v) is 2.54. The van der Waals surface area contributed by atoms with Crippen LogP contribution in [-0.4, -0.2) is 29.6 Å². The normalized spacial score (nSPS) is 19.7. The van der Waals surface area contributed by atoms with Gasteiger partial charge in [0.05, 0.1) is 0 Å². The predicted octanol–water partition coefficient (Wildman–Crippen LogP) is 1.57. The highest BCUT2D eigenvalue weighted by molar-refractivity contribution is 6.29. The highest BCUT2D eigenvalue weighted by atomic mass is 35.5. The monoisotopic (exact) mass is 248 g/mol. The molecule has 4 nitrogen and oxygen atoms in total. The molecule has 2 heterocycles. The molecule has 84 valence electrons. The first-order valence-corrected chi connectivity index (χ1v) is 5.15. The minimum absolute atomic E-state index is 0. The zero-order chi connectivity index (χ0) is 9.80. The summed E-state index contributed by atoms with van der Waals surface area (Å²) in [7, 11) is 0. The molecule has 1 aromatic rings. The van der Waals surface area contributed by atoms with Gasteiger partial charge in [0.15, 0.2) is 0 Å². The molecule has 6 heteroatoms. The van der Waals surface area contributed by atoms with Crippen LogP contribution in [0.1, 0.15) is 6.42 Å². The maximum Gasteiger partial charge on any atom is 0.224 e. The molecule has 0 radical (unpaired) electrons. The van der Waals surface area contributed by atoms with Crippen molar-refractivity contribution in [3.05, 3.63) is 17.4 Å². The zero-order valence-electron chi connectivity index (χ0n) is 8.24. The molecule has 0 amide bonds. The highest BCUT2D eigenvalue weighted by Crippen LogP contribution is 2.09. The number of hydrogen-bond donors (Lipinski definition) is 2. The first-order chi connectivity index (χ1) is 6.84. The van der Waals surface area contributed by atoms with Gasteiger partial charge in [0.1, 0.15) is 5.15 Å². The lowest BCUT2D eigenvalue weighted by Crippen LogP contribution is -2.18. The van der Waals surface area contributed by atoms with Crippen molar-refractivity contribution < 1.29 is 0 Å². The molecule has 15 heavy (non-hydrogen) atoms. The van der Waals surface area contributed by atoms with E-state index in [0.717, 1.165) is 19.6 Å². The number of hydrogen-bond acceptors (Lipinski definition) is 4. The molecule has 1 unspecified atom stereocenters. The summed E-state index contributed by atoms with van der Waals surface area (Å²) in [5.74, 6) is 1.29. The van der Waals surface area contributed by atoms with E-state index in [1.165, 1.54) is 6.42 Å². The van der Waals surface area contributed by atoms with Crippen LogP contribution >= 0.6 is 24.0 Å². The van der Waals surface area contributed by atoms with Crippen LogP contribution in [0.2, 0.25) is 5.15 Å². The molecule has 1 atom stereocenters. The fraction of sp³-hybridized carbons (Fsp3) is 0.556. The van der Waals surface area contributed by atoms with Crippen LogP contribution in [0.15, 0.2) is 12.3 Å². The third kappa shape index (κ3) is 3.81. The van der Waals surface area contributed by atoms with Crippen LogP contribution in [0.25, 0.3) is 0 Å². The smallest absolute Gasteiger partial charge is 0.224 e.